The summed E-state index contributed by atoms with van der Waals surface area (Å²) in [6.45, 7) is 1.17. The zero-order chi connectivity index (χ0) is 11.4. The van der Waals surface area contributed by atoms with Crippen LogP contribution in [0.2, 0.25) is 5.02 Å². The minimum Gasteiger partial charge on any atom is -0.314 e. The minimum atomic E-state index is 0.641. The zero-order valence-corrected chi connectivity index (χ0v) is 11.2. The lowest BCUT2D eigenvalue weighted by atomic mass is 9.98. The second-order valence-electron chi connectivity index (χ2n) is 4.35. The first-order valence-electron chi connectivity index (χ1n) is 5.85. The molecule has 0 spiro atoms. The Balaban J connectivity index is 2.04. The number of piperidine rings is 1. The minimum absolute atomic E-state index is 0.641. The third kappa shape index (κ3) is 3.41. The fourth-order valence-corrected chi connectivity index (χ4v) is 3.08. The monoisotopic (exact) mass is 255 g/mol. The summed E-state index contributed by atoms with van der Waals surface area (Å²) in [7, 11) is 0. The number of benzene rings is 1. The lowest BCUT2D eigenvalue weighted by molar-refractivity contribution is 0.399. The predicted octanol–water partition coefficient (Wildman–Crippen LogP) is 3.75. The van der Waals surface area contributed by atoms with Crippen molar-refractivity contribution in [2.45, 2.75) is 36.6 Å². The molecule has 0 bridgehead atoms. The van der Waals surface area contributed by atoms with Crippen molar-refractivity contribution >= 4 is 23.4 Å². The van der Waals surface area contributed by atoms with Gasteiger partial charge in [-0.15, -0.1) is 11.8 Å². The van der Waals surface area contributed by atoms with Crippen LogP contribution in [0.4, 0.5) is 0 Å². The van der Waals surface area contributed by atoms with Crippen LogP contribution in [0, 0.1) is 0 Å². The molecule has 1 aliphatic rings. The largest absolute Gasteiger partial charge is 0.314 e. The van der Waals surface area contributed by atoms with Gasteiger partial charge >= 0.3 is 0 Å². The van der Waals surface area contributed by atoms with Crippen molar-refractivity contribution in [3.05, 3.63) is 28.8 Å². The van der Waals surface area contributed by atoms with E-state index >= 15 is 0 Å². The van der Waals surface area contributed by atoms with E-state index in [4.69, 9.17) is 11.6 Å². The topological polar surface area (TPSA) is 12.0 Å². The third-order valence-electron chi connectivity index (χ3n) is 3.06. The molecule has 0 radical (unpaired) electrons. The Morgan fingerprint density at radius 3 is 2.94 bits per heavy atom. The first kappa shape index (κ1) is 12.3. The van der Waals surface area contributed by atoms with Gasteiger partial charge in [-0.25, -0.2) is 0 Å². The number of hydrogen-bond acceptors (Lipinski definition) is 2. The average molecular weight is 256 g/mol. The number of halogens is 1. The summed E-state index contributed by atoms with van der Waals surface area (Å²) in [5.74, 6) is 0. The molecule has 1 atom stereocenters. The summed E-state index contributed by atoms with van der Waals surface area (Å²) < 4.78 is 0. The standard InChI is InChI=1S/C13H18ClNS/c1-16-13-8-10(6-11(14)9-13)7-12-4-2-3-5-15-12/h6,8-9,12,15H,2-5,7H2,1H3. The molecule has 1 heterocycles. The van der Waals surface area contributed by atoms with Gasteiger partial charge in [-0.1, -0.05) is 18.0 Å². The smallest absolute Gasteiger partial charge is 0.0419 e. The molecule has 0 saturated carbocycles. The van der Waals surface area contributed by atoms with E-state index in [1.807, 2.05) is 6.07 Å². The van der Waals surface area contributed by atoms with Crippen LogP contribution in [0.15, 0.2) is 23.1 Å². The van der Waals surface area contributed by atoms with Gasteiger partial charge in [-0.2, -0.15) is 0 Å². The highest BCUT2D eigenvalue weighted by Crippen LogP contribution is 2.23. The first-order valence-corrected chi connectivity index (χ1v) is 7.45. The van der Waals surface area contributed by atoms with Gasteiger partial charge in [-0.05, 0) is 55.8 Å². The van der Waals surface area contributed by atoms with E-state index < -0.39 is 0 Å². The molecule has 1 nitrogen and oxygen atoms in total. The van der Waals surface area contributed by atoms with E-state index in [-0.39, 0.29) is 0 Å². The number of thioether (sulfide) groups is 1. The third-order valence-corrected chi connectivity index (χ3v) is 3.99. The number of rotatable bonds is 3. The Bertz CT molecular complexity index is 348. The van der Waals surface area contributed by atoms with Gasteiger partial charge in [0.05, 0.1) is 0 Å². The molecule has 0 aliphatic carbocycles. The fraction of sp³-hybridized carbons (Fsp3) is 0.538. The van der Waals surface area contributed by atoms with Gasteiger partial charge in [0, 0.05) is 16.0 Å². The van der Waals surface area contributed by atoms with Gasteiger partial charge in [0.2, 0.25) is 0 Å². The van der Waals surface area contributed by atoms with Gasteiger partial charge in [0.1, 0.15) is 0 Å². The molecule has 0 amide bonds. The summed E-state index contributed by atoms with van der Waals surface area (Å²) >= 11 is 7.87. The van der Waals surface area contributed by atoms with Crippen molar-refractivity contribution in [1.82, 2.24) is 5.32 Å². The molecule has 1 unspecified atom stereocenters. The molecule has 1 fully saturated rings. The van der Waals surface area contributed by atoms with E-state index in [1.165, 1.54) is 36.3 Å². The highest BCUT2D eigenvalue weighted by Gasteiger charge is 2.13. The van der Waals surface area contributed by atoms with Crippen LogP contribution in [0.25, 0.3) is 0 Å². The lowest BCUT2D eigenvalue weighted by Gasteiger charge is -2.23. The van der Waals surface area contributed by atoms with Crippen molar-refractivity contribution in [1.29, 1.82) is 0 Å². The van der Waals surface area contributed by atoms with Crippen LogP contribution in [-0.4, -0.2) is 18.8 Å². The van der Waals surface area contributed by atoms with Gasteiger partial charge < -0.3 is 5.32 Å². The second kappa shape index (κ2) is 5.95. The average Bonchev–Trinajstić information content (AvgIpc) is 2.29. The second-order valence-corrected chi connectivity index (χ2v) is 5.67. The number of hydrogen-bond donors (Lipinski definition) is 1. The Morgan fingerprint density at radius 2 is 2.25 bits per heavy atom. The van der Waals surface area contributed by atoms with E-state index in [9.17, 15) is 0 Å². The maximum atomic E-state index is 6.11. The van der Waals surface area contributed by atoms with Gasteiger partial charge in [-0.3, -0.25) is 0 Å². The van der Waals surface area contributed by atoms with E-state index in [0.29, 0.717) is 6.04 Å². The molecule has 16 heavy (non-hydrogen) atoms. The molecular weight excluding hydrogens is 238 g/mol. The van der Waals surface area contributed by atoms with Gasteiger partial charge in [0.15, 0.2) is 0 Å². The lowest BCUT2D eigenvalue weighted by Crippen LogP contribution is -2.35. The highest BCUT2D eigenvalue weighted by molar-refractivity contribution is 7.98. The Morgan fingerprint density at radius 1 is 1.38 bits per heavy atom. The van der Waals surface area contributed by atoms with Crippen molar-refractivity contribution in [3.8, 4) is 0 Å². The van der Waals surface area contributed by atoms with Crippen LogP contribution < -0.4 is 5.32 Å². The fourth-order valence-electron chi connectivity index (χ4n) is 2.24. The summed E-state index contributed by atoms with van der Waals surface area (Å²) in [5.41, 5.74) is 1.36. The quantitative estimate of drug-likeness (QED) is 0.826. The van der Waals surface area contributed by atoms with Crippen LogP contribution in [0.3, 0.4) is 0 Å². The molecular formula is C13H18ClNS. The van der Waals surface area contributed by atoms with Crippen molar-refractivity contribution in [2.75, 3.05) is 12.8 Å². The molecule has 3 heteroatoms. The van der Waals surface area contributed by atoms with Crippen LogP contribution in [-0.2, 0) is 6.42 Å². The Hall–Kier alpha value is -0.180. The maximum absolute atomic E-state index is 6.11. The molecule has 88 valence electrons. The highest BCUT2D eigenvalue weighted by atomic mass is 35.5. The summed E-state index contributed by atoms with van der Waals surface area (Å²) in [4.78, 5) is 1.26. The molecule has 1 N–H and O–H groups in total. The van der Waals surface area contributed by atoms with Crippen LogP contribution >= 0.6 is 23.4 Å². The van der Waals surface area contributed by atoms with Crippen molar-refractivity contribution in [3.63, 3.8) is 0 Å². The molecule has 0 aromatic heterocycles. The molecule has 1 aliphatic heterocycles. The maximum Gasteiger partial charge on any atom is 0.0419 e. The Kier molecular flexibility index (Phi) is 4.56. The SMILES string of the molecule is CSc1cc(Cl)cc(CC2CCCCN2)c1. The van der Waals surface area contributed by atoms with Crippen LogP contribution in [0.5, 0.6) is 0 Å². The molecule has 1 aromatic carbocycles. The number of nitrogens with one attached hydrogen (secondary N) is 1. The first-order chi connectivity index (χ1) is 7.78. The summed E-state index contributed by atoms with van der Waals surface area (Å²) in [6.07, 6.45) is 7.17. The zero-order valence-electron chi connectivity index (χ0n) is 9.63. The predicted molar refractivity (Wildman–Crippen MR) is 72.6 cm³/mol. The summed E-state index contributed by atoms with van der Waals surface area (Å²) in [5, 5.41) is 4.43. The van der Waals surface area contributed by atoms with E-state index in [2.05, 4.69) is 23.7 Å². The van der Waals surface area contributed by atoms with Crippen molar-refractivity contribution < 1.29 is 0 Å². The molecule has 1 aromatic rings. The van der Waals surface area contributed by atoms with Crippen molar-refractivity contribution in [2.24, 2.45) is 0 Å². The van der Waals surface area contributed by atoms with E-state index in [1.54, 1.807) is 11.8 Å². The van der Waals surface area contributed by atoms with Gasteiger partial charge in [0.25, 0.3) is 0 Å². The Labute approximate surface area is 107 Å². The molecule has 1 saturated heterocycles. The normalized spacial score (nSPS) is 21.0. The van der Waals surface area contributed by atoms with Crippen LogP contribution in [0.1, 0.15) is 24.8 Å². The molecule has 2 rings (SSSR count). The van der Waals surface area contributed by atoms with E-state index in [0.717, 1.165) is 11.4 Å². The summed E-state index contributed by atoms with van der Waals surface area (Å²) in [6, 6.07) is 7.02.